The first-order valence-electron chi connectivity index (χ1n) is 6.34. The third kappa shape index (κ3) is 2.58. The summed E-state index contributed by atoms with van der Waals surface area (Å²) in [6, 6.07) is 8.05. The molecule has 1 heterocycles. The van der Waals surface area contributed by atoms with E-state index < -0.39 is 0 Å². The number of anilines is 1. The molecular weight excluding hydrogens is 228 g/mol. The van der Waals surface area contributed by atoms with Crippen LogP contribution < -0.4 is 9.64 Å². The maximum atomic E-state index is 11.3. The van der Waals surface area contributed by atoms with Gasteiger partial charge in [-0.05, 0) is 19.1 Å². The van der Waals surface area contributed by atoms with Crippen molar-refractivity contribution in [3.63, 3.8) is 0 Å². The average molecular weight is 248 g/mol. The number of benzene rings is 1. The molecule has 0 spiro atoms. The molecule has 0 N–H and O–H groups in total. The molecule has 1 aliphatic heterocycles. The van der Waals surface area contributed by atoms with Crippen LogP contribution in [0, 0.1) is 0 Å². The first-order valence-corrected chi connectivity index (χ1v) is 6.34. The normalized spacial score (nSPS) is 17.9. The molecule has 1 atom stereocenters. The van der Waals surface area contributed by atoms with Gasteiger partial charge in [0.05, 0.1) is 18.8 Å². The molecule has 1 aromatic rings. The summed E-state index contributed by atoms with van der Waals surface area (Å²) in [5, 5.41) is 0. The first kappa shape index (κ1) is 12.7. The highest BCUT2D eigenvalue weighted by Crippen LogP contribution is 2.32. The van der Waals surface area contributed by atoms with Crippen LogP contribution in [-0.4, -0.2) is 43.6 Å². The zero-order valence-electron chi connectivity index (χ0n) is 11.2. The number of carbonyl (C=O) groups excluding carboxylic acids is 1. The SMILES string of the molecule is CCN1CC(CN(C)C(C)=O)Oc2ccccc21. The molecule has 4 nitrogen and oxygen atoms in total. The minimum absolute atomic E-state index is 0.0359. The number of likely N-dealkylation sites (N-methyl/N-ethyl adjacent to an activating group) is 2. The summed E-state index contributed by atoms with van der Waals surface area (Å²) in [7, 11) is 1.81. The number of carbonyl (C=O) groups is 1. The number of amides is 1. The van der Waals surface area contributed by atoms with Crippen LogP contribution in [0.2, 0.25) is 0 Å². The summed E-state index contributed by atoms with van der Waals surface area (Å²) in [4.78, 5) is 15.3. The van der Waals surface area contributed by atoms with E-state index in [9.17, 15) is 4.79 Å². The zero-order chi connectivity index (χ0) is 13.1. The van der Waals surface area contributed by atoms with Crippen molar-refractivity contribution < 1.29 is 9.53 Å². The van der Waals surface area contributed by atoms with E-state index in [1.165, 1.54) is 0 Å². The molecule has 0 radical (unpaired) electrons. The highest BCUT2D eigenvalue weighted by Gasteiger charge is 2.25. The zero-order valence-corrected chi connectivity index (χ0v) is 11.2. The van der Waals surface area contributed by atoms with Gasteiger partial charge in [-0.15, -0.1) is 0 Å². The third-order valence-corrected chi connectivity index (χ3v) is 3.32. The van der Waals surface area contributed by atoms with E-state index in [4.69, 9.17) is 4.74 Å². The molecule has 0 saturated carbocycles. The molecule has 1 aliphatic rings. The van der Waals surface area contributed by atoms with Crippen LogP contribution >= 0.6 is 0 Å². The van der Waals surface area contributed by atoms with Crippen LogP contribution in [0.3, 0.4) is 0 Å². The average Bonchev–Trinajstić information content (AvgIpc) is 2.37. The molecule has 0 aromatic heterocycles. The Bertz CT molecular complexity index is 434. The van der Waals surface area contributed by atoms with Gasteiger partial charge >= 0.3 is 0 Å². The Morgan fingerprint density at radius 2 is 2.22 bits per heavy atom. The molecule has 4 heteroatoms. The second-order valence-corrected chi connectivity index (χ2v) is 4.65. The van der Waals surface area contributed by atoms with Gasteiger partial charge < -0.3 is 14.5 Å². The van der Waals surface area contributed by atoms with Gasteiger partial charge in [-0.2, -0.15) is 0 Å². The highest BCUT2D eigenvalue weighted by atomic mass is 16.5. The summed E-state index contributed by atoms with van der Waals surface area (Å²) in [6.45, 7) is 6.11. The van der Waals surface area contributed by atoms with Gasteiger partial charge in [-0.25, -0.2) is 0 Å². The predicted octanol–water partition coefficient (Wildman–Crippen LogP) is 1.75. The molecule has 0 bridgehead atoms. The topological polar surface area (TPSA) is 32.8 Å². The smallest absolute Gasteiger partial charge is 0.219 e. The van der Waals surface area contributed by atoms with Crippen molar-refractivity contribution in [2.24, 2.45) is 0 Å². The van der Waals surface area contributed by atoms with E-state index >= 15 is 0 Å². The minimum atomic E-state index is 0.0359. The molecular formula is C14H20N2O2. The van der Waals surface area contributed by atoms with Gasteiger partial charge in [0.1, 0.15) is 11.9 Å². The highest BCUT2D eigenvalue weighted by molar-refractivity contribution is 5.72. The van der Waals surface area contributed by atoms with Crippen molar-refractivity contribution in [3.05, 3.63) is 24.3 Å². The van der Waals surface area contributed by atoms with E-state index in [1.807, 2.05) is 25.2 Å². The molecule has 1 amide bonds. The van der Waals surface area contributed by atoms with Gasteiger partial charge in [-0.3, -0.25) is 4.79 Å². The van der Waals surface area contributed by atoms with Crippen molar-refractivity contribution in [2.75, 3.05) is 31.6 Å². The summed E-state index contributed by atoms with van der Waals surface area (Å²) in [5.41, 5.74) is 1.14. The van der Waals surface area contributed by atoms with Crippen LogP contribution in [0.25, 0.3) is 0 Å². The molecule has 0 aliphatic carbocycles. The summed E-state index contributed by atoms with van der Waals surface area (Å²) < 4.78 is 5.95. The number of hydrogen-bond acceptors (Lipinski definition) is 3. The number of ether oxygens (including phenoxy) is 1. The lowest BCUT2D eigenvalue weighted by molar-refractivity contribution is -0.128. The lowest BCUT2D eigenvalue weighted by atomic mass is 10.2. The summed E-state index contributed by atoms with van der Waals surface area (Å²) in [5.74, 6) is 0.980. The van der Waals surface area contributed by atoms with Crippen molar-refractivity contribution in [1.29, 1.82) is 0 Å². The Labute approximate surface area is 108 Å². The molecule has 1 unspecified atom stereocenters. The largest absolute Gasteiger partial charge is 0.485 e. The van der Waals surface area contributed by atoms with E-state index in [1.54, 1.807) is 11.8 Å². The number of fused-ring (bicyclic) bond motifs is 1. The van der Waals surface area contributed by atoms with Crippen molar-refractivity contribution >= 4 is 11.6 Å². The van der Waals surface area contributed by atoms with Crippen molar-refractivity contribution in [1.82, 2.24) is 4.90 Å². The van der Waals surface area contributed by atoms with Crippen LogP contribution in [0.1, 0.15) is 13.8 Å². The Morgan fingerprint density at radius 3 is 2.89 bits per heavy atom. The number of nitrogens with zero attached hydrogens (tertiary/aromatic N) is 2. The van der Waals surface area contributed by atoms with Crippen LogP contribution in [0.5, 0.6) is 5.75 Å². The Kier molecular flexibility index (Phi) is 3.75. The lowest BCUT2D eigenvalue weighted by Crippen LogP contribution is -2.46. The molecule has 0 saturated heterocycles. The van der Waals surface area contributed by atoms with E-state index in [0.717, 1.165) is 24.5 Å². The van der Waals surface area contributed by atoms with Crippen LogP contribution in [-0.2, 0) is 4.79 Å². The fourth-order valence-electron chi connectivity index (χ4n) is 2.21. The first-order chi connectivity index (χ1) is 8.61. The quantitative estimate of drug-likeness (QED) is 0.817. The van der Waals surface area contributed by atoms with Gasteiger partial charge in [-0.1, -0.05) is 12.1 Å². The maximum Gasteiger partial charge on any atom is 0.219 e. The fourth-order valence-corrected chi connectivity index (χ4v) is 2.21. The number of rotatable bonds is 3. The Hall–Kier alpha value is -1.71. The lowest BCUT2D eigenvalue weighted by Gasteiger charge is -2.37. The van der Waals surface area contributed by atoms with Crippen LogP contribution in [0.4, 0.5) is 5.69 Å². The van der Waals surface area contributed by atoms with Crippen molar-refractivity contribution in [2.45, 2.75) is 20.0 Å². The van der Waals surface area contributed by atoms with Crippen LogP contribution in [0.15, 0.2) is 24.3 Å². The standard InChI is InChI=1S/C14H20N2O2/c1-4-16-10-12(9-15(3)11(2)17)18-14-8-6-5-7-13(14)16/h5-8,12H,4,9-10H2,1-3H3. The van der Waals surface area contributed by atoms with Gasteiger partial charge in [0.2, 0.25) is 5.91 Å². The van der Waals surface area contributed by atoms with Gasteiger partial charge in [0, 0.05) is 20.5 Å². The summed E-state index contributed by atoms with van der Waals surface area (Å²) in [6.07, 6.45) is 0.0359. The van der Waals surface area contributed by atoms with Crippen molar-refractivity contribution in [3.8, 4) is 5.75 Å². The minimum Gasteiger partial charge on any atom is -0.485 e. The summed E-state index contributed by atoms with van der Waals surface area (Å²) >= 11 is 0. The second kappa shape index (κ2) is 5.29. The number of para-hydroxylation sites is 2. The predicted molar refractivity (Wildman–Crippen MR) is 72.1 cm³/mol. The molecule has 2 rings (SSSR count). The third-order valence-electron chi connectivity index (χ3n) is 3.32. The van der Waals surface area contributed by atoms with E-state index in [0.29, 0.717) is 6.54 Å². The molecule has 0 fully saturated rings. The number of hydrogen-bond donors (Lipinski definition) is 0. The maximum absolute atomic E-state index is 11.3. The van der Waals surface area contributed by atoms with Gasteiger partial charge in [0.15, 0.2) is 0 Å². The van der Waals surface area contributed by atoms with E-state index in [-0.39, 0.29) is 12.0 Å². The van der Waals surface area contributed by atoms with E-state index in [2.05, 4.69) is 17.9 Å². The molecule has 1 aromatic carbocycles. The molecule has 18 heavy (non-hydrogen) atoms. The molecule has 98 valence electrons. The Balaban J connectivity index is 2.13. The monoisotopic (exact) mass is 248 g/mol. The van der Waals surface area contributed by atoms with Gasteiger partial charge in [0.25, 0.3) is 0 Å². The Morgan fingerprint density at radius 1 is 1.50 bits per heavy atom. The second-order valence-electron chi connectivity index (χ2n) is 4.65. The fraction of sp³-hybridized carbons (Fsp3) is 0.500.